The smallest absolute Gasteiger partial charge is 0.110 e. The fraction of sp³-hybridized carbons (Fsp3) is 0.667. The van der Waals surface area contributed by atoms with Crippen LogP contribution >= 0.6 is 0 Å². The van der Waals surface area contributed by atoms with Gasteiger partial charge in [-0.1, -0.05) is 13.8 Å². The molecule has 0 radical (unpaired) electrons. The molecule has 0 fully saturated rings. The molecule has 0 unspecified atom stereocenters. The van der Waals surface area contributed by atoms with Crippen LogP contribution in [-0.4, -0.2) is 18.6 Å². The van der Waals surface area contributed by atoms with Crippen LogP contribution in [0.4, 0.5) is 0 Å². The molecule has 0 bridgehead atoms. The maximum atomic E-state index is 4.09. The van der Waals surface area contributed by atoms with E-state index in [4.69, 9.17) is 0 Å². The van der Waals surface area contributed by atoms with E-state index in [0.29, 0.717) is 12.0 Å². The molecular weight excluding hydrogens is 100 g/mol. The Morgan fingerprint density at radius 2 is 2.25 bits per heavy atom. The zero-order valence-corrected chi connectivity index (χ0v) is 5.20. The van der Waals surface area contributed by atoms with Crippen LogP contribution in [0.15, 0.2) is 9.98 Å². The summed E-state index contributed by atoms with van der Waals surface area (Å²) in [4.78, 5) is 7.96. The quantitative estimate of drug-likeness (QED) is 0.483. The lowest BCUT2D eigenvalue weighted by Crippen LogP contribution is -2.10. The van der Waals surface area contributed by atoms with Gasteiger partial charge in [-0.05, 0) is 5.92 Å². The van der Waals surface area contributed by atoms with Crippen molar-refractivity contribution in [3.63, 3.8) is 0 Å². The Balaban J connectivity index is 2.49. The third-order valence-corrected chi connectivity index (χ3v) is 1.23. The van der Waals surface area contributed by atoms with Crippen molar-refractivity contribution in [1.82, 2.24) is 0 Å². The first-order valence-electron chi connectivity index (χ1n) is 2.85. The van der Waals surface area contributed by atoms with Crippen LogP contribution in [0, 0.1) is 5.92 Å². The normalized spacial score (nSPS) is 25.6. The van der Waals surface area contributed by atoms with E-state index in [1.165, 1.54) is 0 Å². The summed E-state index contributed by atoms with van der Waals surface area (Å²) in [6.07, 6.45) is 3.50. The number of hydrogen-bond acceptors (Lipinski definition) is 2. The molecule has 8 heavy (non-hydrogen) atoms. The Hall–Kier alpha value is -0.660. The second-order valence-electron chi connectivity index (χ2n) is 2.30. The van der Waals surface area contributed by atoms with Gasteiger partial charge in [-0.25, -0.2) is 4.99 Å². The molecule has 0 aromatic carbocycles. The standard InChI is InChI=1S/C6H10N2/c1-5(2)6-3-7-4-8-6/h3-6H,1-2H3/t6-/m1/s1. The molecule has 2 nitrogen and oxygen atoms in total. The lowest BCUT2D eigenvalue weighted by Gasteiger charge is -2.04. The zero-order chi connectivity index (χ0) is 5.98. The molecule has 0 aromatic heterocycles. The SMILES string of the molecule is CC(C)[C@H]1C=NC=N1. The third-order valence-electron chi connectivity index (χ3n) is 1.23. The fourth-order valence-corrected chi connectivity index (χ4v) is 0.625. The molecule has 1 rings (SSSR count). The van der Waals surface area contributed by atoms with Crippen molar-refractivity contribution in [2.75, 3.05) is 0 Å². The lowest BCUT2D eigenvalue weighted by molar-refractivity contribution is 0.611. The molecule has 0 aromatic rings. The maximum Gasteiger partial charge on any atom is 0.110 e. The molecule has 1 aliphatic rings. The highest BCUT2D eigenvalue weighted by Gasteiger charge is 2.09. The second kappa shape index (κ2) is 2.07. The Morgan fingerprint density at radius 3 is 2.50 bits per heavy atom. The summed E-state index contributed by atoms with van der Waals surface area (Å²) in [6, 6.07) is 0.343. The Kier molecular flexibility index (Phi) is 1.42. The van der Waals surface area contributed by atoms with Gasteiger partial charge in [0.25, 0.3) is 0 Å². The lowest BCUT2D eigenvalue weighted by atomic mass is 10.1. The summed E-state index contributed by atoms with van der Waals surface area (Å²) in [7, 11) is 0. The van der Waals surface area contributed by atoms with Gasteiger partial charge >= 0.3 is 0 Å². The molecule has 1 atom stereocenters. The van der Waals surface area contributed by atoms with Crippen molar-refractivity contribution in [1.29, 1.82) is 0 Å². The summed E-state index contributed by atoms with van der Waals surface area (Å²) in [5, 5.41) is 0. The Labute approximate surface area is 49.3 Å². The van der Waals surface area contributed by atoms with Gasteiger partial charge in [-0.2, -0.15) is 0 Å². The zero-order valence-electron chi connectivity index (χ0n) is 5.20. The molecule has 0 aliphatic carbocycles. The van der Waals surface area contributed by atoms with Gasteiger partial charge in [0.05, 0.1) is 6.04 Å². The maximum absolute atomic E-state index is 4.09. The molecule has 2 heteroatoms. The van der Waals surface area contributed by atoms with E-state index >= 15 is 0 Å². The highest BCUT2D eigenvalue weighted by molar-refractivity contribution is 5.82. The summed E-state index contributed by atoms with van der Waals surface area (Å²) in [6.45, 7) is 4.28. The molecule has 0 N–H and O–H groups in total. The predicted molar refractivity (Wildman–Crippen MR) is 35.6 cm³/mol. The third kappa shape index (κ3) is 0.941. The van der Waals surface area contributed by atoms with Gasteiger partial charge in [0.2, 0.25) is 0 Å². The highest BCUT2D eigenvalue weighted by Crippen LogP contribution is 2.05. The van der Waals surface area contributed by atoms with E-state index in [0.717, 1.165) is 0 Å². The molecule has 44 valence electrons. The number of hydrogen-bond donors (Lipinski definition) is 0. The Bertz CT molecular complexity index is 112. The van der Waals surface area contributed by atoms with Gasteiger partial charge in [0.1, 0.15) is 6.34 Å². The van der Waals surface area contributed by atoms with Crippen LogP contribution in [0.2, 0.25) is 0 Å². The minimum absolute atomic E-state index is 0.343. The molecule has 1 heterocycles. The average Bonchev–Trinajstić information content (AvgIpc) is 2.12. The van der Waals surface area contributed by atoms with Gasteiger partial charge in [0.15, 0.2) is 0 Å². The summed E-state index contributed by atoms with van der Waals surface area (Å²) < 4.78 is 0. The van der Waals surface area contributed by atoms with Gasteiger partial charge in [0, 0.05) is 6.21 Å². The fourth-order valence-electron chi connectivity index (χ4n) is 0.625. The van der Waals surface area contributed by atoms with E-state index in [2.05, 4.69) is 23.8 Å². The number of rotatable bonds is 1. The molecule has 0 spiro atoms. The van der Waals surface area contributed by atoms with E-state index in [9.17, 15) is 0 Å². The van der Waals surface area contributed by atoms with Crippen molar-refractivity contribution in [3.05, 3.63) is 0 Å². The van der Waals surface area contributed by atoms with Crippen LogP contribution in [0.5, 0.6) is 0 Å². The molecule has 0 saturated heterocycles. The van der Waals surface area contributed by atoms with Gasteiger partial charge in [-0.15, -0.1) is 0 Å². The molecule has 0 amide bonds. The van der Waals surface area contributed by atoms with E-state index in [1.54, 1.807) is 6.34 Å². The van der Waals surface area contributed by atoms with Crippen molar-refractivity contribution >= 4 is 12.6 Å². The van der Waals surface area contributed by atoms with Crippen LogP contribution in [0.1, 0.15) is 13.8 Å². The van der Waals surface area contributed by atoms with E-state index in [1.807, 2.05) is 6.21 Å². The Morgan fingerprint density at radius 1 is 1.50 bits per heavy atom. The van der Waals surface area contributed by atoms with Crippen molar-refractivity contribution in [2.45, 2.75) is 19.9 Å². The first-order chi connectivity index (χ1) is 3.80. The molecule has 0 saturated carbocycles. The minimum Gasteiger partial charge on any atom is -0.264 e. The van der Waals surface area contributed by atoms with Crippen LogP contribution < -0.4 is 0 Å². The summed E-state index contributed by atoms with van der Waals surface area (Å²) in [5.74, 6) is 0.595. The first kappa shape index (κ1) is 5.48. The highest BCUT2D eigenvalue weighted by atomic mass is 15.0. The number of nitrogens with zero attached hydrogens (tertiary/aromatic N) is 2. The van der Waals surface area contributed by atoms with Crippen molar-refractivity contribution in [2.24, 2.45) is 15.9 Å². The largest absolute Gasteiger partial charge is 0.264 e. The molecule has 1 aliphatic heterocycles. The van der Waals surface area contributed by atoms with Gasteiger partial charge in [-0.3, -0.25) is 4.99 Å². The topological polar surface area (TPSA) is 24.7 Å². The van der Waals surface area contributed by atoms with E-state index < -0.39 is 0 Å². The summed E-state index contributed by atoms with van der Waals surface area (Å²) >= 11 is 0. The van der Waals surface area contributed by atoms with E-state index in [-0.39, 0.29) is 0 Å². The van der Waals surface area contributed by atoms with Crippen LogP contribution in [-0.2, 0) is 0 Å². The van der Waals surface area contributed by atoms with Crippen molar-refractivity contribution in [3.8, 4) is 0 Å². The monoisotopic (exact) mass is 110 g/mol. The van der Waals surface area contributed by atoms with Crippen molar-refractivity contribution < 1.29 is 0 Å². The van der Waals surface area contributed by atoms with Gasteiger partial charge < -0.3 is 0 Å². The number of aliphatic imine (C=N–C) groups is 2. The second-order valence-corrected chi connectivity index (χ2v) is 2.30. The minimum atomic E-state index is 0.343. The molecular formula is C6H10N2. The van der Waals surface area contributed by atoms with Crippen LogP contribution in [0.3, 0.4) is 0 Å². The predicted octanol–water partition coefficient (Wildman–Crippen LogP) is 1.12. The first-order valence-corrected chi connectivity index (χ1v) is 2.85. The average molecular weight is 110 g/mol. The van der Waals surface area contributed by atoms with Crippen LogP contribution in [0.25, 0.3) is 0 Å². The summed E-state index contributed by atoms with van der Waals surface area (Å²) in [5.41, 5.74) is 0.